The van der Waals surface area contributed by atoms with E-state index in [1.54, 1.807) is 27.2 Å². The standard InChI is InChI=1S/C15H23N3O4/c1-5-22-14(19)18-11-9-13(21-4)12(20-3)8-10(11)6-7-15(18,2)17-16/h8-9,17H,5-7,16H2,1-4H3. The van der Waals surface area contributed by atoms with Crippen LogP contribution in [0.3, 0.4) is 0 Å². The van der Waals surface area contributed by atoms with Gasteiger partial charge in [0.1, 0.15) is 5.66 Å². The minimum Gasteiger partial charge on any atom is -0.493 e. The lowest BCUT2D eigenvalue weighted by Gasteiger charge is -2.44. The number of amides is 1. The average molecular weight is 309 g/mol. The van der Waals surface area contributed by atoms with Crippen molar-refractivity contribution in [2.45, 2.75) is 32.4 Å². The maximum Gasteiger partial charge on any atom is 0.415 e. The highest BCUT2D eigenvalue weighted by Crippen LogP contribution is 2.42. The second-order valence-corrected chi connectivity index (χ2v) is 5.29. The fraction of sp³-hybridized carbons (Fsp3) is 0.533. The number of nitrogens with one attached hydrogen (secondary N) is 1. The van der Waals surface area contributed by atoms with Crippen LogP contribution in [0.1, 0.15) is 25.8 Å². The van der Waals surface area contributed by atoms with Gasteiger partial charge in [0.25, 0.3) is 0 Å². The van der Waals surface area contributed by atoms with Crippen molar-refractivity contribution in [2.75, 3.05) is 25.7 Å². The van der Waals surface area contributed by atoms with Crippen molar-refractivity contribution in [3.8, 4) is 11.5 Å². The van der Waals surface area contributed by atoms with Gasteiger partial charge in [0.2, 0.25) is 0 Å². The van der Waals surface area contributed by atoms with E-state index in [0.717, 1.165) is 12.0 Å². The van der Waals surface area contributed by atoms with Crippen LogP contribution >= 0.6 is 0 Å². The molecule has 0 saturated carbocycles. The number of methoxy groups -OCH3 is 2. The van der Waals surface area contributed by atoms with Crippen LogP contribution in [0.4, 0.5) is 10.5 Å². The third-order valence-corrected chi connectivity index (χ3v) is 3.96. The van der Waals surface area contributed by atoms with Gasteiger partial charge in [-0.25, -0.2) is 10.2 Å². The van der Waals surface area contributed by atoms with E-state index >= 15 is 0 Å². The summed E-state index contributed by atoms with van der Waals surface area (Å²) in [7, 11) is 3.14. The van der Waals surface area contributed by atoms with E-state index in [9.17, 15) is 4.79 Å². The van der Waals surface area contributed by atoms with Crippen LogP contribution in [0.2, 0.25) is 0 Å². The summed E-state index contributed by atoms with van der Waals surface area (Å²) in [5.41, 5.74) is 3.70. The first-order valence-corrected chi connectivity index (χ1v) is 7.20. The van der Waals surface area contributed by atoms with Gasteiger partial charge in [-0.2, -0.15) is 0 Å². The molecule has 7 nitrogen and oxygen atoms in total. The summed E-state index contributed by atoms with van der Waals surface area (Å²) in [5, 5.41) is 0. The van der Waals surface area contributed by atoms with E-state index in [4.69, 9.17) is 20.1 Å². The summed E-state index contributed by atoms with van der Waals surface area (Å²) in [4.78, 5) is 14.0. The largest absolute Gasteiger partial charge is 0.493 e. The second kappa shape index (κ2) is 6.41. The van der Waals surface area contributed by atoms with E-state index in [1.165, 1.54) is 4.90 Å². The van der Waals surface area contributed by atoms with Gasteiger partial charge in [0, 0.05) is 6.07 Å². The van der Waals surface area contributed by atoms with Gasteiger partial charge in [-0.3, -0.25) is 10.7 Å². The highest BCUT2D eigenvalue weighted by Gasteiger charge is 2.41. The monoisotopic (exact) mass is 309 g/mol. The van der Waals surface area contributed by atoms with Crippen molar-refractivity contribution >= 4 is 11.8 Å². The molecule has 1 heterocycles. The number of hydrogen-bond acceptors (Lipinski definition) is 6. The normalized spacial score (nSPS) is 20.3. The number of fused-ring (bicyclic) bond motifs is 1. The molecule has 3 N–H and O–H groups in total. The van der Waals surface area contributed by atoms with Crippen LogP contribution in [0.5, 0.6) is 11.5 Å². The van der Waals surface area contributed by atoms with Crippen molar-refractivity contribution in [3.63, 3.8) is 0 Å². The Morgan fingerprint density at radius 3 is 2.55 bits per heavy atom. The van der Waals surface area contributed by atoms with Gasteiger partial charge >= 0.3 is 6.09 Å². The smallest absolute Gasteiger partial charge is 0.415 e. The number of hydrogen-bond donors (Lipinski definition) is 2. The SMILES string of the molecule is CCOC(=O)N1c2cc(OC)c(OC)cc2CCC1(C)NN. The molecule has 7 heteroatoms. The van der Waals surface area contributed by atoms with Crippen LogP contribution < -0.4 is 25.6 Å². The third-order valence-electron chi connectivity index (χ3n) is 3.96. The summed E-state index contributed by atoms with van der Waals surface area (Å²) >= 11 is 0. The molecule has 2 rings (SSSR count). The first kappa shape index (κ1) is 16.4. The fourth-order valence-corrected chi connectivity index (χ4v) is 2.70. The molecule has 0 radical (unpaired) electrons. The first-order chi connectivity index (χ1) is 10.5. The Hall–Kier alpha value is -1.99. The molecule has 1 aromatic rings. The number of rotatable bonds is 4. The maximum absolute atomic E-state index is 12.4. The van der Waals surface area contributed by atoms with Gasteiger partial charge in [-0.05, 0) is 38.3 Å². The molecule has 0 aliphatic carbocycles. The number of carbonyl (C=O) groups excluding carboxylic acids is 1. The Morgan fingerprint density at radius 1 is 1.36 bits per heavy atom. The molecule has 1 aromatic carbocycles. The summed E-state index contributed by atoms with van der Waals surface area (Å²) in [5.74, 6) is 6.88. The zero-order valence-electron chi connectivity index (χ0n) is 13.4. The first-order valence-electron chi connectivity index (χ1n) is 7.20. The third kappa shape index (κ3) is 2.69. The Bertz CT molecular complexity index is 564. The van der Waals surface area contributed by atoms with Gasteiger partial charge < -0.3 is 14.2 Å². The number of hydrazine groups is 1. The quantitative estimate of drug-likeness (QED) is 0.651. The van der Waals surface area contributed by atoms with Crippen LogP contribution in [0.15, 0.2) is 12.1 Å². The predicted molar refractivity (Wildman–Crippen MR) is 83.1 cm³/mol. The molecule has 0 saturated heterocycles. The zero-order chi connectivity index (χ0) is 16.3. The number of anilines is 1. The summed E-state index contributed by atoms with van der Waals surface area (Å²) in [6.45, 7) is 3.92. The number of ether oxygens (including phenoxy) is 3. The number of nitrogens with zero attached hydrogens (tertiary/aromatic N) is 1. The van der Waals surface area contributed by atoms with Crippen LogP contribution in [0, 0.1) is 0 Å². The van der Waals surface area contributed by atoms with Gasteiger partial charge in [0.15, 0.2) is 11.5 Å². The van der Waals surface area contributed by atoms with Gasteiger partial charge in [-0.15, -0.1) is 0 Å². The molecule has 122 valence electrons. The molecule has 1 aliphatic rings. The molecular weight excluding hydrogens is 286 g/mol. The van der Waals surface area contributed by atoms with Gasteiger partial charge in [-0.1, -0.05) is 0 Å². The van der Waals surface area contributed by atoms with Crippen molar-refractivity contribution < 1.29 is 19.0 Å². The van der Waals surface area contributed by atoms with E-state index in [0.29, 0.717) is 30.2 Å². The molecule has 0 fully saturated rings. The zero-order valence-corrected chi connectivity index (χ0v) is 13.4. The van der Waals surface area contributed by atoms with Crippen molar-refractivity contribution in [3.05, 3.63) is 17.7 Å². The van der Waals surface area contributed by atoms with Crippen LogP contribution in [-0.4, -0.2) is 32.6 Å². The summed E-state index contributed by atoms with van der Waals surface area (Å²) < 4.78 is 15.8. The fourth-order valence-electron chi connectivity index (χ4n) is 2.70. The van der Waals surface area contributed by atoms with E-state index < -0.39 is 11.8 Å². The van der Waals surface area contributed by atoms with Crippen LogP contribution in [0.25, 0.3) is 0 Å². The molecule has 0 bridgehead atoms. The predicted octanol–water partition coefficient (Wildman–Crippen LogP) is 1.79. The lowest BCUT2D eigenvalue weighted by Crippen LogP contribution is -2.63. The van der Waals surface area contributed by atoms with E-state index in [2.05, 4.69) is 5.43 Å². The summed E-state index contributed by atoms with van der Waals surface area (Å²) in [6, 6.07) is 3.66. The minimum absolute atomic E-state index is 0.290. The molecule has 1 amide bonds. The molecule has 1 unspecified atom stereocenters. The highest BCUT2D eigenvalue weighted by molar-refractivity contribution is 5.91. The lowest BCUT2D eigenvalue weighted by atomic mass is 9.92. The highest BCUT2D eigenvalue weighted by atomic mass is 16.6. The Balaban J connectivity index is 2.56. The minimum atomic E-state index is -0.723. The van der Waals surface area contributed by atoms with Crippen molar-refractivity contribution in [2.24, 2.45) is 5.84 Å². The molecule has 22 heavy (non-hydrogen) atoms. The number of nitrogens with two attached hydrogens (primary N) is 1. The average Bonchev–Trinajstić information content (AvgIpc) is 2.53. The van der Waals surface area contributed by atoms with Gasteiger partial charge in [0.05, 0.1) is 26.5 Å². The second-order valence-electron chi connectivity index (χ2n) is 5.29. The number of benzene rings is 1. The van der Waals surface area contributed by atoms with E-state index in [1.807, 2.05) is 13.0 Å². The lowest BCUT2D eigenvalue weighted by molar-refractivity contribution is 0.145. The van der Waals surface area contributed by atoms with Crippen molar-refractivity contribution in [1.29, 1.82) is 0 Å². The van der Waals surface area contributed by atoms with Crippen molar-refractivity contribution in [1.82, 2.24) is 5.43 Å². The molecule has 1 atom stereocenters. The maximum atomic E-state index is 12.4. The number of aryl methyl sites for hydroxylation is 1. The Morgan fingerprint density at radius 2 is 2.00 bits per heavy atom. The molecular formula is C15H23N3O4. The molecule has 0 spiro atoms. The topological polar surface area (TPSA) is 86.0 Å². The molecule has 0 aromatic heterocycles. The Labute approximate surface area is 130 Å². The number of carbonyl (C=O) groups is 1. The van der Waals surface area contributed by atoms with Crippen LogP contribution in [-0.2, 0) is 11.2 Å². The summed E-state index contributed by atoms with van der Waals surface area (Å²) in [6.07, 6.45) is 0.966. The molecule has 1 aliphatic heterocycles. The van der Waals surface area contributed by atoms with E-state index in [-0.39, 0.29) is 0 Å². The Kier molecular flexibility index (Phi) is 4.77.